The molecular weight excluding hydrogens is 362 g/mol. The molecule has 1 saturated heterocycles. The van der Waals surface area contributed by atoms with Crippen molar-refractivity contribution in [3.8, 4) is 0 Å². The van der Waals surface area contributed by atoms with Crippen LogP contribution in [0.1, 0.15) is 6.23 Å². The van der Waals surface area contributed by atoms with Crippen LogP contribution in [0.4, 0.5) is 10.2 Å². The van der Waals surface area contributed by atoms with Gasteiger partial charge in [0.1, 0.15) is 30.6 Å². The lowest BCUT2D eigenvalue weighted by atomic mass is 9.98. The molecule has 2 aromatic rings. The minimum Gasteiger partial charge on any atom is -0.384 e. The van der Waals surface area contributed by atoms with Crippen molar-refractivity contribution in [2.45, 2.75) is 24.2 Å². The normalized spacial score (nSPS) is 30.2. The van der Waals surface area contributed by atoms with Crippen molar-refractivity contribution >= 4 is 24.4 Å². The van der Waals surface area contributed by atoms with Gasteiger partial charge in [0.25, 0.3) is 0 Å². The van der Waals surface area contributed by atoms with Crippen molar-refractivity contribution < 1.29 is 38.4 Å². The number of nitrogen functional groups attached to an aromatic ring is 1. The lowest BCUT2D eigenvalue weighted by Crippen LogP contribution is -2.48. The van der Waals surface area contributed by atoms with Gasteiger partial charge in [-0.15, -0.1) is 0 Å². The maximum absolute atomic E-state index is 13.5. The van der Waals surface area contributed by atoms with Gasteiger partial charge in [0.15, 0.2) is 24.5 Å². The van der Waals surface area contributed by atoms with E-state index in [4.69, 9.17) is 25.0 Å². The molecule has 6 N–H and O–H groups in total. The van der Waals surface area contributed by atoms with Crippen molar-refractivity contribution in [3.63, 3.8) is 0 Å². The average molecular weight is 378 g/mol. The number of hydrogen-bond acceptors (Lipinski definition) is 8. The molecule has 1 unspecified atom stereocenters. The summed E-state index contributed by atoms with van der Waals surface area (Å²) < 4.78 is 35.8. The van der Waals surface area contributed by atoms with E-state index in [-0.39, 0.29) is 11.5 Å². The van der Waals surface area contributed by atoms with Gasteiger partial charge in [0.05, 0.1) is 5.39 Å². The molecule has 11 nitrogen and oxygen atoms in total. The molecule has 0 aromatic carbocycles. The third-order valence-electron chi connectivity index (χ3n) is 3.87. The van der Waals surface area contributed by atoms with Crippen LogP contribution in [0.5, 0.6) is 0 Å². The molecule has 0 bridgehead atoms. The monoisotopic (exact) mass is 378 g/mol. The Labute approximate surface area is 140 Å². The Morgan fingerprint density at radius 1 is 1.48 bits per heavy atom. The molecule has 3 rings (SSSR count). The van der Waals surface area contributed by atoms with Crippen molar-refractivity contribution in [2.24, 2.45) is 0 Å². The lowest BCUT2D eigenvalue weighted by Gasteiger charge is -2.28. The Kier molecular flexibility index (Phi) is 4.54. The van der Waals surface area contributed by atoms with Crippen LogP contribution in [0.15, 0.2) is 18.6 Å². The highest BCUT2D eigenvalue weighted by molar-refractivity contribution is 7.51. The predicted octanol–water partition coefficient (Wildman–Crippen LogP) is -0.918. The highest BCUT2D eigenvalue weighted by Crippen LogP contribution is 2.43. The van der Waals surface area contributed by atoms with Gasteiger partial charge in [0, 0.05) is 6.20 Å². The van der Waals surface area contributed by atoms with Crippen LogP contribution in [-0.4, -0.2) is 65.6 Å². The van der Waals surface area contributed by atoms with Gasteiger partial charge in [-0.05, 0) is 6.07 Å². The van der Waals surface area contributed by atoms with E-state index < -0.39 is 44.8 Å². The number of nitrogens with two attached hydrogens (primary N) is 1. The summed E-state index contributed by atoms with van der Waals surface area (Å²) in [5.41, 5.74) is 3.51. The molecule has 1 aliphatic rings. The maximum atomic E-state index is 13.5. The number of ether oxygens (including phenoxy) is 2. The van der Waals surface area contributed by atoms with E-state index in [1.54, 1.807) is 0 Å². The number of alkyl halides is 1. The third kappa shape index (κ3) is 3.13. The fourth-order valence-corrected chi connectivity index (χ4v) is 2.97. The number of aliphatic hydroxyl groups is 2. The smallest absolute Gasteiger partial charge is 0.351 e. The fourth-order valence-electron chi connectivity index (χ4n) is 2.63. The molecule has 0 saturated carbocycles. The summed E-state index contributed by atoms with van der Waals surface area (Å²) in [5, 5.41) is 21.1. The molecule has 2 aromatic heterocycles. The molecule has 1 aliphatic heterocycles. The summed E-state index contributed by atoms with van der Waals surface area (Å²) in [4.78, 5) is 25.5. The molecule has 13 heteroatoms. The molecule has 0 radical (unpaired) electrons. The Hall–Kier alpha value is -1.66. The first-order valence-electron chi connectivity index (χ1n) is 7.02. The Bertz CT molecular complexity index is 829. The molecule has 0 spiro atoms. The number of hydrogen-bond donors (Lipinski definition) is 5. The van der Waals surface area contributed by atoms with Crippen molar-refractivity contribution in [3.05, 3.63) is 18.6 Å². The molecular formula is C12H16FN4O7P. The van der Waals surface area contributed by atoms with Crippen LogP contribution in [-0.2, 0) is 14.0 Å². The van der Waals surface area contributed by atoms with Gasteiger partial charge in [-0.25, -0.2) is 14.4 Å². The lowest BCUT2D eigenvalue weighted by molar-refractivity contribution is -0.167. The summed E-state index contributed by atoms with van der Waals surface area (Å²) in [5.74, 6) is 0.153. The van der Waals surface area contributed by atoms with Gasteiger partial charge >= 0.3 is 7.60 Å². The number of anilines is 1. The second-order valence-corrected chi connectivity index (χ2v) is 7.19. The van der Waals surface area contributed by atoms with E-state index >= 15 is 0 Å². The molecule has 4 atom stereocenters. The highest BCUT2D eigenvalue weighted by Gasteiger charge is 2.57. The summed E-state index contributed by atoms with van der Waals surface area (Å²) in [6, 6.07) is 1.52. The maximum Gasteiger partial charge on any atom is 0.351 e. The molecule has 25 heavy (non-hydrogen) atoms. The van der Waals surface area contributed by atoms with E-state index in [1.807, 2.05) is 0 Å². The zero-order valence-corrected chi connectivity index (χ0v) is 13.5. The minimum atomic E-state index is -4.55. The predicted molar refractivity (Wildman–Crippen MR) is 80.8 cm³/mol. The standard InChI is InChI=1S/C12H16FN4O7P/c13-3-12(19)7(18)10(23-5-25(20,21)22)24-11(12)17-2-1-6-8(14)15-4-16-9(6)17/h1-2,4,7,10-11,18-19H,3,5H2,(H2,14,15,16)(H2,20,21,22)/t7?,10-,11+,12+/m0/s1. The first-order chi connectivity index (χ1) is 11.7. The quantitative estimate of drug-likeness (QED) is 0.410. The number of fused-ring (bicyclic) bond motifs is 1. The van der Waals surface area contributed by atoms with Crippen LogP contribution in [0.25, 0.3) is 11.0 Å². The second-order valence-electron chi connectivity index (χ2n) is 5.61. The summed E-state index contributed by atoms with van der Waals surface area (Å²) in [6.45, 7) is -1.41. The Balaban J connectivity index is 1.96. The van der Waals surface area contributed by atoms with Crippen molar-refractivity contribution in [1.29, 1.82) is 0 Å². The van der Waals surface area contributed by atoms with Gasteiger partial charge in [0.2, 0.25) is 0 Å². The highest BCUT2D eigenvalue weighted by atomic mass is 31.2. The first kappa shape index (κ1) is 18.1. The summed E-state index contributed by atoms with van der Waals surface area (Å²) >= 11 is 0. The van der Waals surface area contributed by atoms with Crippen LogP contribution in [0.2, 0.25) is 0 Å². The molecule has 0 aliphatic carbocycles. The van der Waals surface area contributed by atoms with E-state index in [0.29, 0.717) is 5.39 Å². The van der Waals surface area contributed by atoms with Crippen molar-refractivity contribution in [1.82, 2.24) is 14.5 Å². The van der Waals surface area contributed by atoms with Crippen LogP contribution < -0.4 is 5.73 Å². The zero-order chi connectivity index (χ0) is 18.4. The first-order valence-corrected chi connectivity index (χ1v) is 8.82. The molecule has 1 fully saturated rings. The van der Waals surface area contributed by atoms with E-state index in [1.165, 1.54) is 16.8 Å². The number of rotatable bonds is 5. The summed E-state index contributed by atoms with van der Waals surface area (Å²) in [6.07, 6.45) is -3.53. The largest absolute Gasteiger partial charge is 0.384 e. The van der Waals surface area contributed by atoms with Gasteiger partial charge < -0.3 is 39.8 Å². The molecule has 0 amide bonds. The van der Waals surface area contributed by atoms with Crippen molar-refractivity contribution in [2.75, 3.05) is 18.8 Å². The second kappa shape index (κ2) is 6.25. The number of nitrogens with zero attached hydrogens (tertiary/aromatic N) is 3. The Morgan fingerprint density at radius 3 is 2.84 bits per heavy atom. The van der Waals surface area contributed by atoms with E-state index in [2.05, 4.69) is 9.97 Å². The van der Waals surface area contributed by atoms with Gasteiger partial charge in [-0.1, -0.05) is 0 Å². The number of halogens is 1. The zero-order valence-electron chi connectivity index (χ0n) is 12.6. The van der Waals surface area contributed by atoms with Gasteiger partial charge in [-0.3, -0.25) is 4.57 Å². The number of aliphatic hydroxyl groups excluding tert-OH is 1. The van der Waals surface area contributed by atoms with Crippen LogP contribution in [0, 0.1) is 0 Å². The Morgan fingerprint density at radius 2 is 2.20 bits per heavy atom. The van der Waals surface area contributed by atoms with E-state index in [9.17, 15) is 19.2 Å². The fraction of sp³-hybridized carbons (Fsp3) is 0.500. The third-order valence-corrected chi connectivity index (χ3v) is 4.36. The number of aromatic nitrogens is 3. The summed E-state index contributed by atoms with van der Waals surface area (Å²) in [7, 11) is -4.55. The van der Waals surface area contributed by atoms with Crippen LogP contribution in [0.3, 0.4) is 0 Å². The van der Waals surface area contributed by atoms with Gasteiger partial charge in [-0.2, -0.15) is 0 Å². The topological polar surface area (TPSA) is 173 Å². The SMILES string of the molecule is Nc1ncnc2c1ccn2[C@@H]1O[C@H](OCP(=O)(O)O)C(O)[C@]1(O)CF. The minimum absolute atomic E-state index is 0.153. The van der Waals surface area contributed by atoms with Crippen LogP contribution >= 0.6 is 7.60 Å². The average Bonchev–Trinajstić information content (AvgIpc) is 3.07. The van der Waals surface area contributed by atoms with E-state index in [0.717, 1.165) is 6.33 Å². The molecule has 3 heterocycles. The molecule has 138 valence electrons.